The van der Waals surface area contributed by atoms with Crippen molar-refractivity contribution >= 4 is 118 Å². The van der Waals surface area contributed by atoms with Gasteiger partial charge in [0.15, 0.2) is 0 Å². The lowest BCUT2D eigenvalue weighted by molar-refractivity contribution is -0.141. The molecule has 0 saturated carbocycles. The first kappa shape index (κ1) is 115. The van der Waals surface area contributed by atoms with Crippen molar-refractivity contribution in [1.29, 1.82) is 0 Å². The highest BCUT2D eigenvalue weighted by Gasteiger charge is 2.43. The molecule has 11 rings (SSSR count). The predicted octanol–water partition coefficient (Wildman–Crippen LogP) is 4.31. The number of likely N-dealkylation sites (tertiary alicyclic amines) is 9. The molecule has 0 bridgehead atoms. The second-order valence-corrected chi connectivity index (χ2v) is 39.4. The van der Waals surface area contributed by atoms with Crippen molar-refractivity contribution in [3.63, 3.8) is 0 Å². The van der Waals surface area contributed by atoms with Crippen LogP contribution in [-0.2, 0) is 95.9 Å². The normalized spacial score (nSPS) is 23.5. The first-order valence-corrected chi connectivity index (χ1v) is 51.2. The second-order valence-electron chi connectivity index (χ2n) is 39.4. The number of imide groups is 10. The van der Waals surface area contributed by atoms with Gasteiger partial charge in [-0.15, -0.1) is 0 Å². The van der Waals surface area contributed by atoms with Crippen LogP contribution in [0.1, 0.15) is 262 Å². The molecule has 10 saturated heterocycles. The number of rotatable bonds is 55. The predicted molar refractivity (Wildman–Crippen MR) is 512 cm³/mol. The molecule has 11 aliphatic rings. The number of nitrogens with two attached hydrogens (primary N) is 2. The molecule has 0 aromatic rings. The van der Waals surface area contributed by atoms with E-state index in [9.17, 15) is 95.9 Å². The van der Waals surface area contributed by atoms with Crippen molar-refractivity contribution in [2.45, 2.75) is 262 Å². The van der Waals surface area contributed by atoms with Crippen molar-refractivity contribution in [2.75, 3.05) is 183 Å². The van der Waals surface area contributed by atoms with E-state index in [4.69, 9.17) is 11.5 Å². The van der Waals surface area contributed by atoms with E-state index in [1.54, 1.807) is 41.5 Å². The first-order chi connectivity index (χ1) is 65.4. The van der Waals surface area contributed by atoms with Crippen LogP contribution < -0.4 is 22.1 Å². The molecule has 137 heavy (non-hydrogen) atoms. The highest BCUT2D eigenvalue weighted by Crippen LogP contribution is 2.28. The third kappa shape index (κ3) is 36.1. The van der Waals surface area contributed by atoms with Crippen LogP contribution in [0.4, 0.5) is 0 Å². The Morgan fingerprint density at radius 1 is 0.241 bits per heavy atom. The SMILES string of the molecule is CC1=CC(=O)N(CCCCCN2CCN(CCN3C(=O)CC(C)C3=O)CC2)C1=O.CC1CC(=O)N(CCCCCN(CCN)CCN2C(=O)CC(C)C2=O)C1=O.CC1CC(=O)N(CCCCCN(CCN2C(=O)CC(C)C2=O)CCN2C(=O)CC(C)C2=O)C1=O.CC1CC(=O)N(CCCCCNCCCCCN)C1=O.CC1CC(=O)N(CCCCCNCCCCCN2C(=O)CC(C)C2=O)C1=O. The topological polar surface area (TPSA) is 463 Å². The molecule has 38 heteroatoms. The van der Waals surface area contributed by atoms with Crippen molar-refractivity contribution in [2.24, 2.45) is 64.7 Å². The monoisotopic (exact) mass is 1920 g/mol. The first-order valence-electron chi connectivity index (χ1n) is 51.2. The minimum atomic E-state index is -0.291. The maximum Gasteiger partial charge on any atom is 0.256 e. The molecule has 768 valence electrons. The number of hydrogen-bond acceptors (Lipinski definition) is 28. The van der Waals surface area contributed by atoms with E-state index in [1.807, 2.05) is 27.7 Å². The quantitative estimate of drug-likeness (QED) is 0.0487. The van der Waals surface area contributed by atoms with Gasteiger partial charge >= 0.3 is 0 Å². The standard InChI is InChI=1S/C24H36N4O6.C21H32N4O4.C20H33N3O4.C19H32N4O4.C15H29N3O2/c1-16-13-19(29)26(22(16)32)8-6-4-5-7-25(9-11-27-20(30)14-17(2)23(27)33)10-12-28-21(31)15-18(3)24(28)34;1-16-14-18(26)24(20(16)28)7-5-3-4-6-22-8-10-23(11-9-22)12-13-25-19(27)15-17(2)21(25)29;1-15-13-17(24)22(19(15)26)11-7-3-5-9-21-10-6-4-8-12-23-18(25)14-16(2)20(23)27;1-14-12-16(24)22(18(14)26)8-5-3-4-7-21(9-6-20)10-11-23-17(25)13-15(2)19(23)27;1-13-12-14(19)18(15(13)20)11-7-3-6-10-17-9-5-2-4-8-16/h16-18H,4-15H2,1-3H3;14,17H,3-13,15H2,1-2H3;15-16,21H,3-14H2,1-2H3;14-15H,3-13,20H2,1-2H3;13,17H,2-12,16H2,1H3. The number of amides is 20. The number of piperazine rings is 1. The average molecular weight is 1920 g/mol. The van der Waals surface area contributed by atoms with Crippen molar-refractivity contribution in [1.82, 2.24) is 79.2 Å². The van der Waals surface area contributed by atoms with Gasteiger partial charge in [-0.3, -0.25) is 155 Å². The molecule has 6 N–H and O–H groups in total. The molecule has 11 heterocycles. The minimum Gasteiger partial charge on any atom is -0.330 e. The summed E-state index contributed by atoms with van der Waals surface area (Å²) in [5, 5.41) is 6.81. The van der Waals surface area contributed by atoms with E-state index in [0.717, 1.165) is 194 Å². The summed E-state index contributed by atoms with van der Waals surface area (Å²) < 4.78 is 0. The Morgan fingerprint density at radius 3 is 0.701 bits per heavy atom. The number of unbranched alkanes of at least 4 members (excludes halogenated alkanes) is 14. The lowest BCUT2D eigenvalue weighted by Crippen LogP contribution is -2.49. The maximum atomic E-state index is 12.2. The zero-order valence-electron chi connectivity index (χ0n) is 83.9. The van der Waals surface area contributed by atoms with Gasteiger partial charge in [0.2, 0.25) is 106 Å². The average Bonchev–Trinajstić information content (AvgIpc) is 1.70. The lowest BCUT2D eigenvalue weighted by Gasteiger charge is -2.35. The molecule has 0 aromatic heterocycles. The molecule has 20 amide bonds. The fourth-order valence-electron chi connectivity index (χ4n) is 18.9. The van der Waals surface area contributed by atoms with Gasteiger partial charge in [0, 0.05) is 254 Å². The van der Waals surface area contributed by atoms with Gasteiger partial charge in [0.1, 0.15) is 0 Å². The minimum absolute atomic E-state index is 0.000490. The van der Waals surface area contributed by atoms with Crippen LogP contribution >= 0.6 is 0 Å². The number of carbonyl (C=O) groups excluding carboxylic acids is 20. The van der Waals surface area contributed by atoms with Crippen LogP contribution in [0, 0.1) is 53.3 Å². The van der Waals surface area contributed by atoms with Gasteiger partial charge in [0.25, 0.3) is 11.8 Å². The summed E-state index contributed by atoms with van der Waals surface area (Å²) in [6.07, 6.45) is 24.4. The van der Waals surface area contributed by atoms with Gasteiger partial charge in [0.05, 0.1) is 0 Å². The third-order valence-corrected chi connectivity index (χ3v) is 27.7. The van der Waals surface area contributed by atoms with Gasteiger partial charge in [-0.2, -0.15) is 0 Å². The summed E-state index contributed by atoms with van der Waals surface area (Å²) >= 11 is 0. The Labute approximate surface area is 810 Å². The number of carbonyl (C=O) groups is 20. The molecule has 0 radical (unpaired) electrons. The Balaban J connectivity index is 0.000000235. The molecule has 10 fully saturated rings. The lowest BCUT2D eigenvalue weighted by atomic mass is 10.1. The highest BCUT2D eigenvalue weighted by atomic mass is 16.2. The van der Waals surface area contributed by atoms with Crippen LogP contribution in [0.2, 0.25) is 0 Å². The molecule has 0 spiro atoms. The van der Waals surface area contributed by atoms with Crippen molar-refractivity contribution in [3.05, 3.63) is 11.6 Å². The number of nitrogens with one attached hydrogen (secondary N) is 2. The molecule has 9 unspecified atom stereocenters. The molecule has 11 aliphatic heterocycles. The molecule has 38 nitrogen and oxygen atoms in total. The summed E-state index contributed by atoms with van der Waals surface area (Å²) in [5.74, 6) is -3.43. The largest absolute Gasteiger partial charge is 0.330 e. The molecule has 0 aliphatic carbocycles. The Kier molecular flexibility index (Phi) is 49.8. The fourth-order valence-corrected chi connectivity index (χ4v) is 18.9. The van der Waals surface area contributed by atoms with Crippen LogP contribution in [0.15, 0.2) is 11.6 Å². The summed E-state index contributed by atoms with van der Waals surface area (Å²) in [5.41, 5.74) is 11.6. The van der Waals surface area contributed by atoms with Gasteiger partial charge in [-0.25, -0.2) is 0 Å². The Hall–Kier alpha value is -9.18. The fraction of sp³-hybridized carbons (Fsp3) is 0.778. The van der Waals surface area contributed by atoms with Gasteiger partial charge in [-0.1, -0.05) is 107 Å². The van der Waals surface area contributed by atoms with E-state index >= 15 is 0 Å². The summed E-state index contributed by atoms with van der Waals surface area (Å²) in [7, 11) is 0. The van der Waals surface area contributed by atoms with E-state index in [2.05, 4.69) is 30.2 Å². The molecule has 0 aromatic carbocycles. The summed E-state index contributed by atoms with van der Waals surface area (Å²) in [4.78, 5) is 260. The number of hydrogen-bond donors (Lipinski definition) is 4. The number of nitrogens with zero attached hydrogens (tertiary/aromatic N) is 14. The van der Waals surface area contributed by atoms with Crippen molar-refractivity contribution in [3.8, 4) is 0 Å². The van der Waals surface area contributed by atoms with Crippen LogP contribution in [0.25, 0.3) is 0 Å². The van der Waals surface area contributed by atoms with E-state index < -0.39 is 0 Å². The summed E-state index contributed by atoms with van der Waals surface area (Å²) in [6, 6.07) is 0. The van der Waals surface area contributed by atoms with E-state index in [-0.39, 0.29) is 204 Å². The van der Waals surface area contributed by atoms with Crippen LogP contribution in [-0.4, -0.2) is 370 Å². The molecule has 9 atom stereocenters. The Bertz CT molecular complexity index is 4080. The van der Waals surface area contributed by atoms with Crippen LogP contribution in [0.5, 0.6) is 0 Å². The smallest absolute Gasteiger partial charge is 0.256 e. The maximum absolute atomic E-state index is 12.2. The molecular weight excluding hydrogens is 1760 g/mol. The zero-order chi connectivity index (χ0) is 101. The van der Waals surface area contributed by atoms with Crippen molar-refractivity contribution < 1.29 is 95.9 Å². The third-order valence-electron chi connectivity index (χ3n) is 27.7. The second kappa shape index (κ2) is 59.4. The molecular formula is C99H162N18O20. The highest BCUT2D eigenvalue weighted by molar-refractivity contribution is 6.16. The van der Waals surface area contributed by atoms with Gasteiger partial charge in [-0.05, 0) is 149 Å². The van der Waals surface area contributed by atoms with E-state index in [1.165, 1.54) is 67.9 Å². The van der Waals surface area contributed by atoms with E-state index in [0.29, 0.717) is 142 Å². The van der Waals surface area contributed by atoms with Gasteiger partial charge < -0.3 is 31.9 Å². The Morgan fingerprint density at radius 2 is 0.460 bits per heavy atom. The van der Waals surface area contributed by atoms with Crippen LogP contribution in [0.3, 0.4) is 0 Å². The zero-order valence-corrected chi connectivity index (χ0v) is 83.9. The summed E-state index contributed by atoms with van der Waals surface area (Å²) in [6.45, 7) is 37.1.